The molecule has 0 aliphatic carbocycles. The van der Waals surface area contributed by atoms with Gasteiger partial charge in [0.05, 0.1) is 18.3 Å². The maximum Gasteiger partial charge on any atom is 0.331 e. The fourth-order valence-electron chi connectivity index (χ4n) is 1.87. The van der Waals surface area contributed by atoms with Crippen LogP contribution in [0.1, 0.15) is 39.5 Å². The Morgan fingerprint density at radius 3 is 2.18 bits per heavy atom. The Morgan fingerprint density at radius 2 is 1.50 bits per heavy atom. The zero-order valence-electron chi connectivity index (χ0n) is 12.9. The molecular weight excluding hydrogens is 288 g/mol. The van der Waals surface area contributed by atoms with E-state index in [0.717, 1.165) is 6.08 Å². The van der Waals surface area contributed by atoms with Gasteiger partial charge in [0.25, 0.3) is 0 Å². The Balaban J connectivity index is 2.72. The third-order valence-electron chi connectivity index (χ3n) is 3.16. The van der Waals surface area contributed by atoms with E-state index in [4.69, 9.17) is 9.47 Å². The lowest BCUT2D eigenvalue weighted by molar-refractivity contribution is -0.143. The second-order valence-corrected chi connectivity index (χ2v) is 5.34. The van der Waals surface area contributed by atoms with Crippen molar-refractivity contribution in [2.45, 2.75) is 57.8 Å². The molecule has 1 aliphatic rings. The van der Waals surface area contributed by atoms with Gasteiger partial charge in [-0.2, -0.15) is 0 Å². The summed E-state index contributed by atoms with van der Waals surface area (Å²) in [5.74, 6) is -1.37. The van der Waals surface area contributed by atoms with Crippen LogP contribution in [0.4, 0.5) is 0 Å². The van der Waals surface area contributed by atoms with Gasteiger partial charge in [-0.1, -0.05) is 0 Å². The van der Waals surface area contributed by atoms with Crippen LogP contribution in [0.25, 0.3) is 0 Å². The Kier molecular flexibility index (Phi) is 7.52. The van der Waals surface area contributed by atoms with Gasteiger partial charge in [0.15, 0.2) is 5.78 Å². The minimum absolute atomic E-state index is 0.167. The predicted molar refractivity (Wildman–Crippen MR) is 78.9 cm³/mol. The number of ketones is 1. The van der Waals surface area contributed by atoms with Crippen LogP contribution in [0, 0.1) is 0 Å². The van der Waals surface area contributed by atoms with Crippen LogP contribution in [0.5, 0.6) is 0 Å². The average molecular weight is 310 g/mol. The van der Waals surface area contributed by atoms with Gasteiger partial charge >= 0.3 is 11.9 Å². The number of aliphatic hydroxyl groups excluding tert-OH is 1. The third kappa shape index (κ3) is 7.73. The first-order valence-electron chi connectivity index (χ1n) is 7.35. The molecule has 1 heterocycles. The molecule has 3 unspecified atom stereocenters. The molecule has 22 heavy (non-hydrogen) atoms. The van der Waals surface area contributed by atoms with Gasteiger partial charge in [0.1, 0.15) is 0 Å². The normalized spacial score (nSPS) is 29.0. The van der Waals surface area contributed by atoms with Gasteiger partial charge in [-0.15, -0.1) is 0 Å². The van der Waals surface area contributed by atoms with E-state index >= 15 is 0 Å². The first-order chi connectivity index (χ1) is 10.4. The molecule has 1 aliphatic heterocycles. The number of hydrogen-bond donors (Lipinski definition) is 1. The fraction of sp³-hybridized carbons (Fsp3) is 0.562. The van der Waals surface area contributed by atoms with Crippen molar-refractivity contribution in [2.75, 3.05) is 0 Å². The molecular formula is C16H22O6. The van der Waals surface area contributed by atoms with Gasteiger partial charge in [0, 0.05) is 18.6 Å². The second-order valence-electron chi connectivity index (χ2n) is 5.34. The summed E-state index contributed by atoms with van der Waals surface area (Å²) in [4.78, 5) is 34.6. The minimum atomic E-state index is -0.811. The molecule has 122 valence electrons. The van der Waals surface area contributed by atoms with Crippen molar-refractivity contribution in [3.63, 3.8) is 0 Å². The maximum atomic E-state index is 11.6. The van der Waals surface area contributed by atoms with Crippen molar-refractivity contribution in [3.8, 4) is 0 Å². The molecule has 0 saturated heterocycles. The number of carbonyl (C=O) groups is 3. The van der Waals surface area contributed by atoms with E-state index in [-0.39, 0.29) is 12.2 Å². The first kappa shape index (κ1) is 18.1. The lowest BCUT2D eigenvalue weighted by Crippen LogP contribution is -2.17. The standard InChI is InChI=1S/C16H22O6/c1-11-3-5-13(17)8-10-16(20)22-12(2)4-6-14(18)7-9-15(19)21-11/h7-13,17H,3-6H2,1-2H3. The van der Waals surface area contributed by atoms with Crippen molar-refractivity contribution in [2.24, 2.45) is 0 Å². The molecule has 0 aromatic carbocycles. The Bertz CT molecular complexity index is 465. The van der Waals surface area contributed by atoms with Crippen molar-refractivity contribution < 1.29 is 29.0 Å². The summed E-state index contributed by atoms with van der Waals surface area (Å²) in [6.45, 7) is 3.38. The molecule has 0 saturated carbocycles. The van der Waals surface area contributed by atoms with Crippen LogP contribution in [0.3, 0.4) is 0 Å². The molecule has 0 aromatic heterocycles. The molecule has 0 spiro atoms. The summed E-state index contributed by atoms with van der Waals surface area (Å²) < 4.78 is 10.2. The number of aliphatic hydroxyl groups is 1. The highest BCUT2D eigenvalue weighted by Gasteiger charge is 2.13. The fourth-order valence-corrected chi connectivity index (χ4v) is 1.87. The van der Waals surface area contributed by atoms with E-state index in [1.54, 1.807) is 13.8 Å². The largest absolute Gasteiger partial charge is 0.460 e. The van der Waals surface area contributed by atoms with Crippen molar-refractivity contribution in [1.82, 2.24) is 0 Å². The Hall–Kier alpha value is -1.95. The highest BCUT2D eigenvalue weighted by Crippen LogP contribution is 2.09. The monoisotopic (exact) mass is 310 g/mol. The van der Waals surface area contributed by atoms with Gasteiger partial charge in [-0.3, -0.25) is 4.79 Å². The van der Waals surface area contributed by atoms with E-state index in [2.05, 4.69) is 0 Å². The van der Waals surface area contributed by atoms with Gasteiger partial charge in [-0.05, 0) is 45.3 Å². The van der Waals surface area contributed by atoms with Crippen LogP contribution in [-0.4, -0.2) is 41.1 Å². The zero-order valence-corrected chi connectivity index (χ0v) is 12.9. The van der Waals surface area contributed by atoms with Gasteiger partial charge in [-0.25, -0.2) is 9.59 Å². The number of ether oxygens (including phenoxy) is 2. The van der Waals surface area contributed by atoms with E-state index in [1.807, 2.05) is 0 Å². The van der Waals surface area contributed by atoms with Crippen LogP contribution >= 0.6 is 0 Å². The number of hydrogen-bond acceptors (Lipinski definition) is 6. The smallest absolute Gasteiger partial charge is 0.331 e. The maximum absolute atomic E-state index is 11.6. The highest BCUT2D eigenvalue weighted by molar-refractivity contribution is 5.95. The quantitative estimate of drug-likeness (QED) is 0.681. The molecule has 0 fully saturated rings. The summed E-state index contributed by atoms with van der Waals surface area (Å²) in [7, 11) is 0. The molecule has 0 radical (unpaired) electrons. The van der Waals surface area contributed by atoms with Crippen LogP contribution < -0.4 is 0 Å². The first-order valence-corrected chi connectivity index (χ1v) is 7.35. The zero-order chi connectivity index (χ0) is 16.5. The molecule has 6 heteroatoms. The Labute approximate surface area is 129 Å². The minimum Gasteiger partial charge on any atom is -0.460 e. The lowest BCUT2D eigenvalue weighted by atomic mass is 10.1. The predicted octanol–water partition coefficient (Wildman–Crippen LogP) is 1.47. The second kappa shape index (κ2) is 9.15. The van der Waals surface area contributed by atoms with E-state index in [9.17, 15) is 19.5 Å². The van der Waals surface area contributed by atoms with Gasteiger partial charge < -0.3 is 14.6 Å². The summed E-state index contributed by atoms with van der Waals surface area (Å²) in [5, 5.41) is 9.73. The SMILES string of the molecule is CC1CCC(=O)C=CC(=O)OC(C)CCC(O)C=CC(=O)O1. The van der Waals surface area contributed by atoms with E-state index < -0.39 is 30.3 Å². The number of rotatable bonds is 0. The van der Waals surface area contributed by atoms with Crippen LogP contribution in [0.2, 0.25) is 0 Å². The Morgan fingerprint density at radius 1 is 0.909 bits per heavy atom. The topological polar surface area (TPSA) is 89.9 Å². The average Bonchev–Trinajstić information content (AvgIpc) is 2.46. The lowest BCUT2D eigenvalue weighted by Gasteiger charge is -2.14. The number of esters is 2. The van der Waals surface area contributed by atoms with Crippen LogP contribution in [-0.2, 0) is 23.9 Å². The summed E-state index contributed by atoms with van der Waals surface area (Å²) >= 11 is 0. The van der Waals surface area contributed by atoms with Gasteiger partial charge in [0.2, 0.25) is 0 Å². The molecule has 3 atom stereocenters. The number of cyclic esters (lactones) is 2. The number of allylic oxidation sites excluding steroid dienone is 1. The molecule has 0 bridgehead atoms. The van der Waals surface area contributed by atoms with Crippen molar-refractivity contribution in [1.29, 1.82) is 0 Å². The van der Waals surface area contributed by atoms with E-state index in [1.165, 1.54) is 18.2 Å². The molecule has 0 amide bonds. The summed E-state index contributed by atoms with van der Waals surface area (Å²) in [6.07, 6.45) is 4.46. The van der Waals surface area contributed by atoms with Crippen LogP contribution in [0.15, 0.2) is 24.3 Å². The van der Waals surface area contributed by atoms with E-state index in [0.29, 0.717) is 19.3 Å². The molecule has 6 nitrogen and oxygen atoms in total. The molecule has 0 aromatic rings. The molecule has 1 rings (SSSR count). The highest BCUT2D eigenvalue weighted by atomic mass is 16.5. The van der Waals surface area contributed by atoms with Crippen molar-refractivity contribution >= 4 is 17.7 Å². The summed E-state index contributed by atoms with van der Waals surface area (Å²) in [6, 6.07) is 0. The molecule has 1 N–H and O–H groups in total. The third-order valence-corrected chi connectivity index (χ3v) is 3.16. The summed E-state index contributed by atoms with van der Waals surface area (Å²) in [5.41, 5.74) is 0. The van der Waals surface area contributed by atoms with Crippen molar-refractivity contribution in [3.05, 3.63) is 24.3 Å². The number of carbonyl (C=O) groups excluding carboxylic acids is 3.